The Labute approximate surface area is 411 Å². The number of anilines is 6. The Morgan fingerprint density at radius 3 is 1.20 bits per heavy atom. The maximum Gasteiger partial charge on any atom is 0.252 e. The summed E-state index contributed by atoms with van der Waals surface area (Å²) in [5.41, 5.74) is 21.3. The van der Waals surface area contributed by atoms with Crippen molar-refractivity contribution in [2.45, 2.75) is 105 Å². The molecular weight excluding hydrogens is 832 g/mol. The largest absolute Gasteiger partial charge is 0.311 e. The number of rotatable bonds is 4. The molecule has 0 bridgehead atoms. The molecule has 342 valence electrons. The highest BCUT2D eigenvalue weighted by molar-refractivity contribution is 7.00. The van der Waals surface area contributed by atoms with Gasteiger partial charge >= 0.3 is 0 Å². The Balaban J connectivity index is 1.32. The topological polar surface area (TPSA) is 6.48 Å². The fourth-order valence-corrected chi connectivity index (χ4v) is 11.2. The van der Waals surface area contributed by atoms with Gasteiger partial charge < -0.3 is 9.80 Å². The number of nitrogens with zero attached hydrogens (tertiary/aromatic N) is 2. The quantitative estimate of drug-likeness (QED) is 0.128. The molecule has 0 spiro atoms. The van der Waals surface area contributed by atoms with Gasteiger partial charge in [0, 0.05) is 39.1 Å². The molecule has 2 nitrogen and oxygen atoms in total. The third-order valence-electron chi connectivity index (χ3n) is 15.0. The average molecular weight is 897 g/mol. The molecule has 2 aliphatic heterocycles. The summed E-state index contributed by atoms with van der Waals surface area (Å²) in [4.78, 5) is 5.35. The lowest BCUT2D eigenvalue weighted by molar-refractivity contribution is 0.589. The fraction of sp³-hybridized carbons (Fsp3) is 0.242. The zero-order valence-corrected chi connectivity index (χ0v) is 42.7. The molecule has 0 fully saturated rings. The minimum Gasteiger partial charge on any atom is -0.311 e. The highest BCUT2D eigenvalue weighted by atomic mass is 15.2. The first kappa shape index (κ1) is 44.7. The van der Waals surface area contributed by atoms with Gasteiger partial charge in [0.1, 0.15) is 0 Å². The monoisotopic (exact) mass is 897 g/mol. The number of fused-ring (bicyclic) bond motifs is 6. The Morgan fingerprint density at radius 2 is 0.710 bits per heavy atom. The van der Waals surface area contributed by atoms with Crippen LogP contribution in [0.4, 0.5) is 34.1 Å². The molecule has 0 saturated carbocycles. The molecule has 2 aliphatic rings. The van der Waals surface area contributed by atoms with Crippen LogP contribution >= 0.6 is 0 Å². The average Bonchev–Trinajstić information content (AvgIpc) is 3.32. The molecule has 0 aliphatic carbocycles. The lowest BCUT2D eigenvalue weighted by Crippen LogP contribution is -2.61. The molecule has 9 aromatic carbocycles. The molecule has 0 aromatic heterocycles. The molecule has 11 rings (SSSR count). The van der Waals surface area contributed by atoms with E-state index in [2.05, 4.69) is 269 Å². The molecule has 0 N–H and O–H groups in total. The van der Waals surface area contributed by atoms with Crippen molar-refractivity contribution in [1.82, 2.24) is 0 Å². The predicted molar refractivity (Wildman–Crippen MR) is 301 cm³/mol. The number of hydrogen-bond donors (Lipinski definition) is 0. The molecule has 0 saturated heterocycles. The van der Waals surface area contributed by atoms with Gasteiger partial charge in [-0.15, -0.1) is 0 Å². The van der Waals surface area contributed by atoms with E-state index in [0.717, 1.165) is 0 Å². The van der Waals surface area contributed by atoms with Crippen LogP contribution in [0, 0.1) is 0 Å². The maximum absolute atomic E-state index is 2.70. The summed E-state index contributed by atoms with van der Waals surface area (Å²) in [7, 11) is 0. The Kier molecular flexibility index (Phi) is 10.3. The summed E-state index contributed by atoms with van der Waals surface area (Å²) >= 11 is 0. The van der Waals surface area contributed by atoms with Crippen LogP contribution in [-0.2, 0) is 21.7 Å². The third-order valence-corrected chi connectivity index (χ3v) is 15.0. The van der Waals surface area contributed by atoms with Crippen LogP contribution in [0.1, 0.15) is 105 Å². The second kappa shape index (κ2) is 15.9. The standard InChI is InChI=1S/C66H65BN2/c1-63(2,3)44-33-36-55(52(37-44)42-23-15-13-16-24-42)68-56-38-45(64(4,5)6)31-34-53(56)67-54-35-32-46(65(7,8)9)39-57(54)69(59-41-47(66(10,11)12)40-58(68)61(59)67)62-50-29-21-19-27-48(50)60(43-25-17-14-18-26-43)49-28-20-22-30-51(49)62/h13-41H,1-12H3. The second-order valence-electron chi connectivity index (χ2n) is 23.9. The van der Waals surface area contributed by atoms with Crippen LogP contribution in [0.2, 0.25) is 0 Å². The van der Waals surface area contributed by atoms with E-state index in [1.807, 2.05) is 0 Å². The number of hydrogen-bond acceptors (Lipinski definition) is 2. The molecule has 2 heterocycles. The SMILES string of the molecule is CC(C)(C)c1ccc(N2c3cc(C(C)(C)C)ccc3B3c4ccc(C(C)(C)C)cc4N(c4c5ccccc5c(-c5ccccc5)c5ccccc45)c4cc(C(C)(C)C)cc2c43)c(-c2ccccc2)c1. The van der Waals surface area contributed by atoms with Crippen molar-refractivity contribution in [1.29, 1.82) is 0 Å². The zero-order valence-electron chi connectivity index (χ0n) is 42.7. The van der Waals surface area contributed by atoms with Gasteiger partial charge in [-0.25, -0.2) is 0 Å². The van der Waals surface area contributed by atoms with Gasteiger partial charge in [-0.1, -0.05) is 223 Å². The molecule has 3 heteroatoms. The molecule has 69 heavy (non-hydrogen) atoms. The predicted octanol–water partition coefficient (Wildman–Crippen LogP) is 16.6. The zero-order chi connectivity index (χ0) is 48.4. The highest BCUT2D eigenvalue weighted by Crippen LogP contribution is 2.53. The third kappa shape index (κ3) is 7.39. The Bertz CT molecular complexity index is 3430. The van der Waals surface area contributed by atoms with Crippen molar-refractivity contribution >= 4 is 78.8 Å². The van der Waals surface area contributed by atoms with E-state index < -0.39 is 0 Å². The summed E-state index contributed by atoms with van der Waals surface area (Å²) in [6.45, 7) is 28.2. The van der Waals surface area contributed by atoms with E-state index in [4.69, 9.17) is 0 Å². The van der Waals surface area contributed by atoms with E-state index in [1.54, 1.807) is 0 Å². The highest BCUT2D eigenvalue weighted by Gasteiger charge is 2.46. The summed E-state index contributed by atoms with van der Waals surface area (Å²) in [5.74, 6) is 0. The first-order valence-corrected chi connectivity index (χ1v) is 25.1. The van der Waals surface area contributed by atoms with Gasteiger partial charge in [-0.3, -0.25) is 0 Å². The minimum atomic E-state index is -0.168. The van der Waals surface area contributed by atoms with E-state index >= 15 is 0 Å². The van der Waals surface area contributed by atoms with E-state index in [0.29, 0.717) is 0 Å². The van der Waals surface area contributed by atoms with Crippen LogP contribution in [0.25, 0.3) is 43.8 Å². The Hall–Kier alpha value is -6.84. The van der Waals surface area contributed by atoms with Gasteiger partial charge in [0.15, 0.2) is 0 Å². The van der Waals surface area contributed by atoms with Crippen molar-refractivity contribution in [2.24, 2.45) is 0 Å². The first-order valence-electron chi connectivity index (χ1n) is 25.1. The van der Waals surface area contributed by atoms with Crippen LogP contribution in [0.3, 0.4) is 0 Å². The van der Waals surface area contributed by atoms with Crippen LogP contribution in [-0.4, -0.2) is 6.71 Å². The molecule has 0 radical (unpaired) electrons. The van der Waals surface area contributed by atoms with Crippen molar-refractivity contribution in [3.05, 3.63) is 198 Å². The fourth-order valence-electron chi connectivity index (χ4n) is 11.2. The molecule has 0 amide bonds. The number of benzene rings is 9. The smallest absolute Gasteiger partial charge is 0.252 e. The van der Waals surface area contributed by atoms with Crippen LogP contribution < -0.4 is 26.2 Å². The Morgan fingerprint density at radius 1 is 0.319 bits per heavy atom. The van der Waals surface area contributed by atoms with Crippen LogP contribution in [0.5, 0.6) is 0 Å². The van der Waals surface area contributed by atoms with Gasteiger partial charge in [-0.05, 0) is 124 Å². The first-order chi connectivity index (χ1) is 32.8. The van der Waals surface area contributed by atoms with E-state index in [-0.39, 0.29) is 28.4 Å². The summed E-state index contributed by atoms with van der Waals surface area (Å²) in [5, 5.41) is 4.98. The van der Waals surface area contributed by atoms with Gasteiger partial charge in [-0.2, -0.15) is 0 Å². The van der Waals surface area contributed by atoms with Crippen molar-refractivity contribution in [3.8, 4) is 22.3 Å². The van der Waals surface area contributed by atoms with Gasteiger partial charge in [0.25, 0.3) is 6.71 Å². The maximum atomic E-state index is 2.70. The van der Waals surface area contributed by atoms with Gasteiger partial charge in [0.2, 0.25) is 0 Å². The molecule has 9 aromatic rings. The normalized spacial score (nSPS) is 13.7. The van der Waals surface area contributed by atoms with Crippen LogP contribution in [0.15, 0.2) is 176 Å². The van der Waals surface area contributed by atoms with E-state index in [1.165, 1.54) is 117 Å². The molecular formula is C66H65BN2. The van der Waals surface area contributed by atoms with Crippen molar-refractivity contribution < 1.29 is 0 Å². The van der Waals surface area contributed by atoms with Crippen molar-refractivity contribution in [2.75, 3.05) is 9.80 Å². The lowest BCUT2D eigenvalue weighted by atomic mass is 9.33. The second-order valence-corrected chi connectivity index (χ2v) is 23.9. The van der Waals surface area contributed by atoms with E-state index in [9.17, 15) is 0 Å². The summed E-state index contributed by atoms with van der Waals surface area (Å²) in [6, 6.07) is 67.5. The lowest BCUT2D eigenvalue weighted by Gasteiger charge is -2.46. The van der Waals surface area contributed by atoms with Crippen molar-refractivity contribution in [3.63, 3.8) is 0 Å². The minimum absolute atomic E-state index is 0.0142. The summed E-state index contributed by atoms with van der Waals surface area (Å²) in [6.07, 6.45) is 0. The molecule has 0 unspecified atom stereocenters. The summed E-state index contributed by atoms with van der Waals surface area (Å²) < 4.78 is 0. The van der Waals surface area contributed by atoms with Gasteiger partial charge in [0.05, 0.1) is 11.4 Å². The molecule has 0 atom stereocenters.